The van der Waals surface area contributed by atoms with Crippen molar-refractivity contribution in [3.05, 3.63) is 52.9 Å². The smallest absolute Gasteiger partial charge is 0.274 e. The fourth-order valence-corrected chi connectivity index (χ4v) is 2.79. The van der Waals surface area contributed by atoms with Crippen LogP contribution >= 0.6 is 11.6 Å². The number of aromatic nitrogens is 2. The molecule has 3 rings (SSSR count). The molecule has 130 valence electrons. The number of nitrogens with one attached hydrogen (secondary N) is 1. The van der Waals surface area contributed by atoms with E-state index in [0.717, 1.165) is 0 Å². The van der Waals surface area contributed by atoms with Gasteiger partial charge in [0.2, 0.25) is 0 Å². The van der Waals surface area contributed by atoms with E-state index in [4.69, 9.17) is 21.1 Å². The Morgan fingerprint density at radius 3 is 2.72 bits per heavy atom. The molecule has 0 bridgehead atoms. The van der Waals surface area contributed by atoms with Crippen LogP contribution in [0.5, 0.6) is 11.5 Å². The van der Waals surface area contributed by atoms with Crippen molar-refractivity contribution in [2.75, 3.05) is 19.5 Å². The van der Waals surface area contributed by atoms with E-state index in [1.165, 1.54) is 7.11 Å². The van der Waals surface area contributed by atoms with E-state index in [-0.39, 0.29) is 5.91 Å². The first-order valence-corrected chi connectivity index (χ1v) is 8.15. The van der Waals surface area contributed by atoms with E-state index in [2.05, 4.69) is 10.3 Å². The molecule has 2 aromatic heterocycles. The minimum absolute atomic E-state index is 0.268. The fraction of sp³-hybridized carbons (Fsp3) is 0.222. The van der Waals surface area contributed by atoms with Crippen LogP contribution in [0, 0.1) is 0 Å². The number of anilines is 1. The molecule has 0 radical (unpaired) electrons. The summed E-state index contributed by atoms with van der Waals surface area (Å²) in [5.41, 5.74) is 2.37. The molecular weight excluding hydrogens is 342 g/mol. The van der Waals surface area contributed by atoms with Gasteiger partial charge in [0.25, 0.3) is 5.91 Å². The summed E-state index contributed by atoms with van der Waals surface area (Å²) >= 11 is 6.02. The number of aryl methyl sites for hydroxylation is 1. The monoisotopic (exact) mass is 359 g/mol. The molecule has 1 aromatic carbocycles. The van der Waals surface area contributed by atoms with Crippen molar-refractivity contribution in [3.8, 4) is 11.5 Å². The predicted molar refractivity (Wildman–Crippen MR) is 97.1 cm³/mol. The Bertz CT molecular complexity index is 937. The third-order valence-electron chi connectivity index (χ3n) is 3.87. The lowest BCUT2D eigenvalue weighted by Crippen LogP contribution is -2.16. The number of benzene rings is 1. The molecule has 1 amide bonds. The van der Waals surface area contributed by atoms with Crippen molar-refractivity contribution in [1.82, 2.24) is 9.38 Å². The number of methoxy groups -OCH3 is 2. The molecule has 3 aromatic rings. The van der Waals surface area contributed by atoms with Crippen molar-refractivity contribution in [2.45, 2.75) is 13.3 Å². The number of carbonyl (C=O) groups is 1. The summed E-state index contributed by atoms with van der Waals surface area (Å²) in [6.45, 7) is 1.95. The van der Waals surface area contributed by atoms with Crippen LogP contribution in [-0.4, -0.2) is 29.5 Å². The standard InChI is InChI=1S/C18H18ClN3O3/c1-4-13-17(22-8-7-11(19)9-16(22)20-13)18(23)21-14-6-5-12(24-2)10-15(14)25-3/h5-10H,4H2,1-3H3,(H,21,23). The SMILES string of the molecule is CCc1nc2cc(Cl)ccn2c1C(=O)Nc1ccc(OC)cc1OC. The Morgan fingerprint density at radius 2 is 2.04 bits per heavy atom. The average Bonchev–Trinajstić information content (AvgIpc) is 2.99. The molecule has 2 heterocycles. The second-order valence-corrected chi connectivity index (χ2v) is 5.79. The van der Waals surface area contributed by atoms with Crippen LogP contribution in [0.15, 0.2) is 36.5 Å². The summed E-state index contributed by atoms with van der Waals surface area (Å²) < 4.78 is 12.2. The molecule has 0 fully saturated rings. The van der Waals surface area contributed by atoms with Crippen molar-refractivity contribution in [1.29, 1.82) is 0 Å². The Labute approximate surface area is 150 Å². The number of carbonyl (C=O) groups excluding carboxylic acids is 1. The number of fused-ring (bicyclic) bond motifs is 1. The predicted octanol–water partition coefficient (Wildman–Crippen LogP) is 3.82. The molecule has 0 spiro atoms. The molecule has 0 saturated carbocycles. The summed E-state index contributed by atoms with van der Waals surface area (Å²) in [5, 5.41) is 3.46. The van der Waals surface area contributed by atoms with Crippen LogP contribution < -0.4 is 14.8 Å². The molecular formula is C18H18ClN3O3. The highest BCUT2D eigenvalue weighted by Crippen LogP contribution is 2.30. The zero-order valence-corrected chi connectivity index (χ0v) is 14.9. The summed E-state index contributed by atoms with van der Waals surface area (Å²) in [4.78, 5) is 17.4. The number of nitrogens with zero attached hydrogens (tertiary/aromatic N) is 2. The molecule has 0 saturated heterocycles. The summed E-state index contributed by atoms with van der Waals surface area (Å²) in [6.07, 6.45) is 2.37. The van der Waals surface area contributed by atoms with Gasteiger partial charge in [0.15, 0.2) is 0 Å². The van der Waals surface area contributed by atoms with E-state index in [1.807, 2.05) is 6.92 Å². The van der Waals surface area contributed by atoms with Gasteiger partial charge in [-0.15, -0.1) is 0 Å². The minimum atomic E-state index is -0.268. The Balaban J connectivity index is 2.00. The Morgan fingerprint density at radius 1 is 1.24 bits per heavy atom. The first kappa shape index (κ1) is 17.1. The highest BCUT2D eigenvalue weighted by molar-refractivity contribution is 6.30. The zero-order valence-electron chi connectivity index (χ0n) is 14.2. The van der Waals surface area contributed by atoms with E-state index in [1.54, 1.807) is 48.0 Å². The summed E-state index contributed by atoms with van der Waals surface area (Å²) in [7, 11) is 3.11. The van der Waals surface area contributed by atoms with Gasteiger partial charge in [-0.2, -0.15) is 0 Å². The van der Waals surface area contributed by atoms with E-state index >= 15 is 0 Å². The lowest BCUT2D eigenvalue weighted by atomic mass is 10.2. The van der Waals surface area contributed by atoms with Gasteiger partial charge in [-0.1, -0.05) is 18.5 Å². The highest BCUT2D eigenvalue weighted by atomic mass is 35.5. The lowest BCUT2D eigenvalue weighted by molar-refractivity contribution is 0.102. The highest BCUT2D eigenvalue weighted by Gasteiger charge is 2.20. The first-order valence-electron chi connectivity index (χ1n) is 7.77. The van der Waals surface area contributed by atoms with Gasteiger partial charge in [0.05, 0.1) is 25.6 Å². The maximum Gasteiger partial charge on any atom is 0.274 e. The minimum Gasteiger partial charge on any atom is -0.497 e. The van der Waals surface area contributed by atoms with Gasteiger partial charge >= 0.3 is 0 Å². The van der Waals surface area contributed by atoms with Gasteiger partial charge in [-0.25, -0.2) is 4.98 Å². The quantitative estimate of drug-likeness (QED) is 0.752. The number of imidazole rings is 1. The van der Waals surface area contributed by atoms with Crippen molar-refractivity contribution < 1.29 is 14.3 Å². The summed E-state index contributed by atoms with van der Waals surface area (Å²) in [5.74, 6) is 0.895. The van der Waals surface area contributed by atoms with Crippen LogP contribution in [0.3, 0.4) is 0 Å². The molecule has 0 aliphatic rings. The molecule has 7 heteroatoms. The number of ether oxygens (including phenoxy) is 2. The zero-order chi connectivity index (χ0) is 18.0. The first-order chi connectivity index (χ1) is 12.1. The second kappa shape index (κ2) is 7.03. The van der Waals surface area contributed by atoms with Crippen molar-refractivity contribution in [2.24, 2.45) is 0 Å². The van der Waals surface area contributed by atoms with Crippen LogP contribution in [0.25, 0.3) is 5.65 Å². The van der Waals surface area contributed by atoms with Crippen LogP contribution in [-0.2, 0) is 6.42 Å². The molecule has 0 unspecified atom stereocenters. The number of pyridine rings is 1. The Kier molecular flexibility index (Phi) is 4.81. The molecule has 0 aliphatic heterocycles. The van der Waals surface area contributed by atoms with Gasteiger partial charge in [0, 0.05) is 23.4 Å². The third-order valence-corrected chi connectivity index (χ3v) is 4.10. The number of hydrogen-bond acceptors (Lipinski definition) is 4. The summed E-state index contributed by atoms with van der Waals surface area (Å²) in [6, 6.07) is 8.66. The largest absolute Gasteiger partial charge is 0.497 e. The molecule has 6 nitrogen and oxygen atoms in total. The normalized spacial score (nSPS) is 10.7. The van der Waals surface area contributed by atoms with E-state index < -0.39 is 0 Å². The second-order valence-electron chi connectivity index (χ2n) is 5.35. The third kappa shape index (κ3) is 3.25. The van der Waals surface area contributed by atoms with Gasteiger partial charge in [-0.3, -0.25) is 9.20 Å². The average molecular weight is 360 g/mol. The Hall–Kier alpha value is -2.73. The molecule has 0 atom stereocenters. The number of rotatable bonds is 5. The topological polar surface area (TPSA) is 64.9 Å². The maximum atomic E-state index is 12.9. The number of amides is 1. The number of halogens is 1. The van der Waals surface area contributed by atoms with Crippen molar-refractivity contribution in [3.63, 3.8) is 0 Å². The molecule has 25 heavy (non-hydrogen) atoms. The van der Waals surface area contributed by atoms with Crippen LogP contribution in [0.4, 0.5) is 5.69 Å². The van der Waals surface area contributed by atoms with E-state index in [0.29, 0.717) is 45.7 Å². The van der Waals surface area contributed by atoms with Gasteiger partial charge in [-0.05, 0) is 24.6 Å². The van der Waals surface area contributed by atoms with Crippen LogP contribution in [0.2, 0.25) is 5.02 Å². The van der Waals surface area contributed by atoms with Crippen molar-refractivity contribution >= 4 is 28.8 Å². The number of hydrogen-bond donors (Lipinski definition) is 1. The van der Waals surface area contributed by atoms with E-state index in [9.17, 15) is 4.79 Å². The molecule has 1 N–H and O–H groups in total. The lowest BCUT2D eigenvalue weighted by Gasteiger charge is -2.12. The molecule has 0 aliphatic carbocycles. The maximum absolute atomic E-state index is 12.9. The van der Waals surface area contributed by atoms with Gasteiger partial charge < -0.3 is 14.8 Å². The fourth-order valence-electron chi connectivity index (χ4n) is 2.64. The van der Waals surface area contributed by atoms with Gasteiger partial charge in [0.1, 0.15) is 22.8 Å². The van der Waals surface area contributed by atoms with Crippen LogP contribution in [0.1, 0.15) is 23.1 Å².